The van der Waals surface area contributed by atoms with Gasteiger partial charge < -0.3 is 10.5 Å². The van der Waals surface area contributed by atoms with Crippen molar-refractivity contribution in [3.8, 4) is 22.8 Å². The first-order valence-corrected chi connectivity index (χ1v) is 6.61. The first-order chi connectivity index (χ1) is 10.1. The lowest BCUT2D eigenvalue weighted by molar-refractivity contribution is 0.482. The molecular formula is C16H16N4O. The average Bonchev–Trinajstić information content (AvgIpc) is 2.90. The number of nitrogens with two attached hydrogens (primary N) is 1. The number of nitrogens with zero attached hydrogens (tertiary/aromatic N) is 3. The minimum Gasteiger partial charge on any atom is -0.457 e. The van der Waals surface area contributed by atoms with Crippen molar-refractivity contribution < 1.29 is 4.74 Å². The molecule has 0 amide bonds. The molecule has 0 spiro atoms. The molecule has 0 aliphatic carbocycles. The van der Waals surface area contributed by atoms with Gasteiger partial charge in [0.15, 0.2) is 0 Å². The summed E-state index contributed by atoms with van der Waals surface area (Å²) >= 11 is 0. The summed E-state index contributed by atoms with van der Waals surface area (Å²) in [5.41, 5.74) is 9.34. The van der Waals surface area contributed by atoms with Crippen molar-refractivity contribution in [1.29, 1.82) is 0 Å². The quantitative estimate of drug-likeness (QED) is 0.748. The highest BCUT2D eigenvalue weighted by Crippen LogP contribution is 2.27. The molecule has 3 rings (SSSR count). The van der Waals surface area contributed by atoms with Crippen molar-refractivity contribution in [2.45, 2.75) is 6.92 Å². The fourth-order valence-electron chi connectivity index (χ4n) is 2.03. The molecule has 0 atom stereocenters. The van der Waals surface area contributed by atoms with Gasteiger partial charge in [-0.05, 0) is 36.8 Å². The molecule has 2 heterocycles. The molecule has 1 aromatic carbocycles. The maximum atomic E-state index is 5.86. The predicted octanol–water partition coefficient (Wildman–Crippen LogP) is 3.17. The van der Waals surface area contributed by atoms with Crippen LogP contribution < -0.4 is 10.5 Å². The summed E-state index contributed by atoms with van der Waals surface area (Å²) in [4.78, 5) is 4.34. The van der Waals surface area contributed by atoms with Gasteiger partial charge in [0, 0.05) is 36.8 Å². The molecule has 0 radical (unpaired) electrons. The first-order valence-electron chi connectivity index (χ1n) is 6.61. The molecule has 2 N–H and O–H groups in total. The molecule has 21 heavy (non-hydrogen) atoms. The Morgan fingerprint density at radius 1 is 1.14 bits per heavy atom. The molecule has 0 unspecified atom stereocenters. The zero-order valence-corrected chi connectivity index (χ0v) is 11.9. The SMILES string of the molecule is Cc1cc(Oc2ccnc(-c3cnn(C)c3)c2)ccc1N. The molecule has 0 fully saturated rings. The lowest BCUT2D eigenvalue weighted by atomic mass is 10.2. The number of ether oxygens (including phenoxy) is 1. The van der Waals surface area contributed by atoms with Gasteiger partial charge in [-0.15, -0.1) is 0 Å². The van der Waals surface area contributed by atoms with Gasteiger partial charge in [-0.2, -0.15) is 5.10 Å². The van der Waals surface area contributed by atoms with Crippen LogP contribution in [0.4, 0.5) is 5.69 Å². The van der Waals surface area contributed by atoms with Gasteiger partial charge in [0.2, 0.25) is 0 Å². The Morgan fingerprint density at radius 3 is 2.67 bits per heavy atom. The van der Waals surface area contributed by atoms with E-state index in [4.69, 9.17) is 10.5 Å². The van der Waals surface area contributed by atoms with Gasteiger partial charge in [0.25, 0.3) is 0 Å². The van der Waals surface area contributed by atoms with Gasteiger partial charge in [0.1, 0.15) is 11.5 Å². The number of anilines is 1. The predicted molar refractivity (Wildman–Crippen MR) is 82.1 cm³/mol. The van der Waals surface area contributed by atoms with E-state index in [2.05, 4.69) is 10.1 Å². The number of hydrogen-bond acceptors (Lipinski definition) is 4. The molecule has 106 valence electrons. The summed E-state index contributed by atoms with van der Waals surface area (Å²) in [6.07, 6.45) is 5.42. The summed E-state index contributed by atoms with van der Waals surface area (Å²) in [5, 5.41) is 4.15. The monoisotopic (exact) mass is 280 g/mol. The van der Waals surface area contributed by atoms with Crippen LogP contribution in [-0.4, -0.2) is 14.8 Å². The Hall–Kier alpha value is -2.82. The maximum absolute atomic E-state index is 5.86. The van der Waals surface area contributed by atoms with E-state index in [1.807, 2.05) is 50.5 Å². The summed E-state index contributed by atoms with van der Waals surface area (Å²) < 4.78 is 7.60. The Bertz CT molecular complexity index is 779. The third-order valence-electron chi connectivity index (χ3n) is 3.21. The van der Waals surface area contributed by atoms with E-state index in [1.54, 1.807) is 17.1 Å². The van der Waals surface area contributed by atoms with Crippen LogP contribution in [0.1, 0.15) is 5.56 Å². The zero-order valence-electron chi connectivity index (χ0n) is 11.9. The Labute approximate surface area is 123 Å². The number of pyridine rings is 1. The lowest BCUT2D eigenvalue weighted by Crippen LogP contribution is -1.91. The maximum Gasteiger partial charge on any atom is 0.131 e. The van der Waals surface area contributed by atoms with Crippen molar-refractivity contribution >= 4 is 5.69 Å². The zero-order chi connectivity index (χ0) is 14.8. The second kappa shape index (κ2) is 5.28. The van der Waals surface area contributed by atoms with Gasteiger partial charge in [0.05, 0.1) is 11.9 Å². The largest absolute Gasteiger partial charge is 0.457 e. The van der Waals surface area contributed by atoms with Gasteiger partial charge >= 0.3 is 0 Å². The highest BCUT2D eigenvalue weighted by molar-refractivity contribution is 5.59. The third kappa shape index (κ3) is 2.86. The van der Waals surface area contributed by atoms with Crippen LogP contribution in [0.25, 0.3) is 11.3 Å². The van der Waals surface area contributed by atoms with Crippen molar-refractivity contribution in [3.05, 3.63) is 54.5 Å². The van der Waals surface area contributed by atoms with Crippen LogP contribution in [0.5, 0.6) is 11.5 Å². The summed E-state index contributed by atoms with van der Waals surface area (Å²) in [6.45, 7) is 1.95. The van der Waals surface area contributed by atoms with Gasteiger partial charge in [-0.25, -0.2) is 0 Å². The van der Waals surface area contributed by atoms with Crippen LogP contribution in [0.3, 0.4) is 0 Å². The van der Waals surface area contributed by atoms with Crippen LogP contribution in [0.15, 0.2) is 48.9 Å². The number of rotatable bonds is 3. The number of aryl methyl sites for hydroxylation is 2. The van der Waals surface area contributed by atoms with E-state index >= 15 is 0 Å². The van der Waals surface area contributed by atoms with E-state index in [9.17, 15) is 0 Å². The van der Waals surface area contributed by atoms with Crippen molar-refractivity contribution in [1.82, 2.24) is 14.8 Å². The van der Waals surface area contributed by atoms with Crippen molar-refractivity contribution in [3.63, 3.8) is 0 Å². The number of benzene rings is 1. The topological polar surface area (TPSA) is 66.0 Å². The molecular weight excluding hydrogens is 264 g/mol. The van der Waals surface area contributed by atoms with Crippen molar-refractivity contribution in [2.75, 3.05) is 5.73 Å². The molecule has 3 aromatic rings. The standard InChI is InChI=1S/C16H16N4O/c1-11-7-13(3-4-15(11)17)21-14-5-6-18-16(8-14)12-9-19-20(2)10-12/h3-10H,17H2,1-2H3. The smallest absolute Gasteiger partial charge is 0.131 e. The fraction of sp³-hybridized carbons (Fsp3) is 0.125. The summed E-state index contributed by atoms with van der Waals surface area (Å²) in [6, 6.07) is 9.33. The summed E-state index contributed by atoms with van der Waals surface area (Å²) in [7, 11) is 1.88. The minimum absolute atomic E-state index is 0.730. The molecule has 0 bridgehead atoms. The highest BCUT2D eigenvalue weighted by Gasteiger charge is 2.05. The average molecular weight is 280 g/mol. The Balaban J connectivity index is 1.87. The first kappa shape index (κ1) is 13.2. The highest BCUT2D eigenvalue weighted by atomic mass is 16.5. The number of nitrogen functional groups attached to an aromatic ring is 1. The molecule has 0 saturated carbocycles. The van der Waals surface area contributed by atoms with Crippen LogP contribution >= 0.6 is 0 Å². The van der Waals surface area contributed by atoms with E-state index < -0.39 is 0 Å². The molecule has 0 saturated heterocycles. The van der Waals surface area contributed by atoms with Crippen LogP contribution in [0.2, 0.25) is 0 Å². The van der Waals surface area contributed by atoms with Crippen molar-refractivity contribution in [2.24, 2.45) is 7.05 Å². The third-order valence-corrected chi connectivity index (χ3v) is 3.21. The summed E-state index contributed by atoms with van der Waals surface area (Å²) in [5.74, 6) is 1.48. The Kier molecular flexibility index (Phi) is 3.31. The van der Waals surface area contributed by atoms with E-state index in [-0.39, 0.29) is 0 Å². The lowest BCUT2D eigenvalue weighted by Gasteiger charge is -2.08. The minimum atomic E-state index is 0.730. The van der Waals surface area contributed by atoms with Crippen LogP contribution in [-0.2, 0) is 7.05 Å². The second-order valence-electron chi connectivity index (χ2n) is 4.90. The molecule has 5 nitrogen and oxygen atoms in total. The van der Waals surface area contributed by atoms with Gasteiger partial charge in [-0.1, -0.05) is 0 Å². The van der Waals surface area contributed by atoms with Gasteiger partial charge in [-0.3, -0.25) is 9.67 Å². The van der Waals surface area contributed by atoms with E-state index in [0.29, 0.717) is 0 Å². The second-order valence-corrected chi connectivity index (χ2v) is 4.90. The van der Waals surface area contributed by atoms with Crippen LogP contribution in [0, 0.1) is 6.92 Å². The Morgan fingerprint density at radius 2 is 1.95 bits per heavy atom. The normalized spacial score (nSPS) is 10.6. The molecule has 2 aromatic heterocycles. The van der Waals surface area contributed by atoms with E-state index in [0.717, 1.165) is 34.0 Å². The molecule has 5 heteroatoms. The molecule has 0 aliphatic rings. The number of hydrogen-bond donors (Lipinski definition) is 1. The molecule has 0 aliphatic heterocycles. The fourth-order valence-corrected chi connectivity index (χ4v) is 2.03. The number of aromatic nitrogens is 3. The van der Waals surface area contributed by atoms with E-state index in [1.165, 1.54) is 0 Å².